The molecule has 146 valence electrons. The number of hydrogen-bond acceptors (Lipinski definition) is 6. The normalized spacial score (nSPS) is 12.6. The van der Waals surface area contributed by atoms with Crippen molar-refractivity contribution in [1.29, 1.82) is 0 Å². The van der Waals surface area contributed by atoms with Crippen LogP contribution in [0.3, 0.4) is 0 Å². The molecule has 0 saturated heterocycles. The van der Waals surface area contributed by atoms with E-state index < -0.39 is 5.97 Å². The van der Waals surface area contributed by atoms with Gasteiger partial charge in [0, 0.05) is 18.0 Å². The van der Waals surface area contributed by atoms with Gasteiger partial charge in [-0.3, -0.25) is 4.99 Å². The number of nitrogens with one attached hydrogen (secondary N) is 1. The predicted molar refractivity (Wildman–Crippen MR) is 116 cm³/mol. The number of hydrogen-bond donors (Lipinski definition) is 2. The summed E-state index contributed by atoms with van der Waals surface area (Å²) in [5, 5.41) is 13.4. The maximum Gasteiger partial charge on any atom is 0.337 e. The monoisotopic (exact) mass is 408 g/mol. The average Bonchev–Trinajstić information content (AvgIpc) is 2.66. The molecule has 2 N–H and O–H groups in total. The highest BCUT2D eigenvalue weighted by atomic mass is 35.5. The molecule has 1 aliphatic rings. The average molecular weight is 409 g/mol. The highest BCUT2D eigenvalue weighted by molar-refractivity contribution is 8.14. The van der Waals surface area contributed by atoms with Crippen molar-refractivity contribution in [2.45, 2.75) is 20.3 Å². The van der Waals surface area contributed by atoms with Gasteiger partial charge in [-0.15, -0.1) is 12.4 Å². The number of benzene rings is 2. The minimum atomic E-state index is -0.398. The van der Waals surface area contributed by atoms with Gasteiger partial charge in [0.25, 0.3) is 0 Å². The molecule has 0 amide bonds. The van der Waals surface area contributed by atoms with Gasteiger partial charge in [0.2, 0.25) is 0 Å². The number of phenols is 1. The molecule has 1 heterocycles. The Balaban J connectivity index is 0.000000273. The van der Waals surface area contributed by atoms with Gasteiger partial charge in [-0.1, -0.05) is 30.0 Å². The van der Waals surface area contributed by atoms with Crippen molar-refractivity contribution < 1.29 is 14.6 Å². The van der Waals surface area contributed by atoms with Crippen LogP contribution in [0, 0.1) is 13.8 Å². The Labute approximate surface area is 170 Å². The molecular weight excluding hydrogens is 384 g/mol. The van der Waals surface area contributed by atoms with Crippen LogP contribution in [0.4, 0.5) is 5.69 Å². The van der Waals surface area contributed by atoms with Crippen molar-refractivity contribution >= 4 is 41.0 Å². The van der Waals surface area contributed by atoms with Crippen LogP contribution in [0.15, 0.2) is 47.5 Å². The first kappa shape index (κ1) is 22.9. The molecule has 2 aromatic carbocycles. The fourth-order valence-corrected chi connectivity index (χ4v) is 3.19. The quantitative estimate of drug-likeness (QED) is 0.698. The summed E-state index contributed by atoms with van der Waals surface area (Å²) in [6.07, 6.45) is 1.20. The van der Waals surface area contributed by atoms with Crippen LogP contribution in [-0.4, -0.2) is 35.7 Å². The van der Waals surface area contributed by atoms with Gasteiger partial charge in [0.15, 0.2) is 5.17 Å². The second kappa shape index (κ2) is 11.5. The Morgan fingerprint density at radius 1 is 1.15 bits per heavy atom. The van der Waals surface area contributed by atoms with Crippen LogP contribution in [-0.2, 0) is 4.74 Å². The van der Waals surface area contributed by atoms with Crippen LogP contribution in [0.1, 0.15) is 27.9 Å². The SMILES string of the molecule is COC(=O)c1ccc(O)cc1.Cc1cccc(C)c1NC1=NCCCS1.Cl. The third-order valence-electron chi connectivity index (χ3n) is 3.80. The standard InChI is InChI=1S/C12H16N2S.C8H8O3.ClH/c1-9-5-3-6-10(2)11(9)14-12-13-7-4-8-15-12;1-11-8(10)6-2-4-7(9)5-3-6;/h3,5-6H,4,7-8H2,1-2H3,(H,13,14);2-5,9H,1H3;1H. The van der Waals surface area contributed by atoms with Gasteiger partial charge in [-0.25, -0.2) is 4.79 Å². The summed E-state index contributed by atoms with van der Waals surface area (Å²) < 4.78 is 4.46. The van der Waals surface area contributed by atoms with E-state index in [1.54, 1.807) is 0 Å². The first-order chi connectivity index (χ1) is 12.5. The number of carbonyl (C=O) groups excluding carboxylic acids is 1. The van der Waals surface area contributed by atoms with Crippen LogP contribution >= 0.6 is 24.2 Å². The summed E-state index contributed by atoms with van der Waals surface area (Å²) in [4.78, 5) is 15.3. The van der Waals surface area contributed by atoms with Gasteiger partial charge in [0.05, 0.1) is 12.7 Å². The molecule has 5 nitrogen and oxygen atoms in total. The molecule has 0 spiro atoms. The molecular formula is C20H25ClN2O3S. The number of para-hydroxylation sites is 1. The molecule has 3 rings (SSSR count). The molecule has 0 saturated carbocycles. The van der Waals surface area contributed by atoms with Crippen LogP contribution < -0.4 is 5.32 Å². The number of aliphatic imine (C=N–C) groups is 1. The fourth-order valence-electron chi connectivity index (χ4n) is 2.37. The molecule has 2 aromatic rings. The van der Waals surface area contributed by atoms with Crippen molar-refractivity contribution in [2.24, 2.45) is 4.99 Å². The van der Waals surface area contributed by atoms with Crippen molar-refractivity contribution in [1.82, 2.24) is 0 Å². The zero-order valence-electron chi connectivity index (χ0n) is 15.7. The number of thioether (sulfide) groups is 1. The lowest BCUT2D eigenvalue weighted by Crippen LogP contribution is -2.14. The molecule has 27 heavy (non-hydrogen) atoms. The Morgan fingerprint density at radius 2 is 1.78 bits per heavy atom. The molecule has 0 radical (unpaired) electrons. The molecule has 0 bridgehead atoms. The summed E-state index contributed by atoms with van der Waals surface area (Å²) in [7, 11) is 1.31. The lowest BCUT2D eigenvalue weighted by atomic mass is 10.1. The van der Waals surface area contributed by atoms with Gasteiger partial charge in [-0.2, -0.15) is 0 Å². The number of esters is 1. The predicted octanol–water partition coefficient (Wildman–Crippen LogP) is 4.81. The topological polar surface area (TPSA) is 70.9 Å². The lowest BCUT2D eigenvalue weighted by molar-refractivity contribution is 0.0600. The highest BCUT2D eigenvalue weighted by Crippen LogP contribution is 2.22. The lowest BCUT2D eigenvalue weighted by Gasteiger charge is -2.16. The summed E-state index contributed by atoms with van der Waals surface area (Å²) in [5.41, 5.74) is 4.21. The van der Waals surface area contributed by atoms with Gasteiger partial charge < -0.3 is 15.2 Å². The number of phenolic OH excluding ortho intramolecular Hbond substituents is 1. The zero-order valence-corrected chi connectivity index (χ0v) is 17.3. The number of aryl methyl sites for hydroxylation is 2. The van der Waals surface area contributed by atoms with Crippen molar-refractivity contribution in [3.8, 4) is 5.75 Å². The van der Waals surface area contributed by atoms with Crippen molar-refractivity contribution in [3.63, 3.8) is 0 Å². The fraction of sp³-hybridized carbons (Fsp3) is 0.300. The molecule has 0 atom stereocenters. The molecule has 0 fully saturated rings. The number of anilines is 1. The van der Waals surface area contributed by atoms with Gasteiger partial charge in [0.1, 0.15) is 5.75 Å². The zero-order chi connectivity index (χ0) is 18.9. The van der Waals surface area contributed by atoms with E-state index in [2.05, 4.69) is 47.1 Å². The molecule has 1 aliphatic heterocycles. The second-order valence-electron chi connectivity index (χ2n) is 5.82. The largest absolute Gasteiger partial charge is 0.508 e. The smallest absolute Gasteiger partial charge is 0.337 e. The second-order valence-corrected chi connectivity index (χ2v) is 6.90. The van der Waals surface area contributed by atoms with E-state index in [1.165, 1.54) is 60.4 Å². The third-order valence-corrected chi connectivity index (χ3v) is 4.80. The van der Waals surface area contributed by atoms with E-state index in [9.17, 15) is 4.79 Å². The number of nitrogens with zero attached hydrogens (tertiary/aromatic N) is 1. The van der Waals surface area contributed by atoms with Crippen molar-refractivity contribution in [3.05, 3.63) is 59.2 Å². The summed E-state index contributed by atoms with van der Waals surface area (Å²) in [6.45, 7) is 5.22. The van der Waals surface area contributed by atoms with E-state index >= 15 is 0 Å². The van der Waals surface area contributed by atoms with Crippen LogP contribution in [0.5, 0.6) is 5.75 Å². The number of carbonyl (C=O) groups is 1. The Morgan fingerprint density at radius 3 is 2.30 bits per heavy atom. The number of rotatable bonds is 2. The minimum Gasteiger partial charge on any atom is -0.508 e. The summed E-state index contributed by atoms with van der Waals surface area (Å²) in [6, 6.07) is 12.2. The maximum atomic E-state index is 10.8. The Hall–Kier alpha value is -2.18. The number of halogens is 1. The number of amidine groups is 1. The summed E-state index contributed by atoms with van der Waals surface area (Å²) in [5.74, 6) is 0.916. The molecule has 7 heteroatoms. The number of ether oxygens (including phenoxy) is 1. The van der Waals surface area contributed by atoms with Crippen molar-refractivity contribution in [2.75, 3.05) is 24.7 Å². The highest BCUT2D eigenvalue weighted by Gasteiger charge is 2.08. The van der Waals surface area contributed by atoms with E-state index in [1.807, 2.05) is 11.8 Å². The van der Waals surface area contributed by atoms with E-state index in [0.717, 1.165) is 11.7 Å². The van der Waals surface area contributed by atoms with Crippen LogP contribution in [0.25, 0.3) is 0 Å². The van der Waals surface area contributed by atoms with E-state index in [-0.39, 0.29) is 18.2 Å². The first-order valence-corrected chi connectivity index (χ1v) is 9.37. The van der Waals surface area contributed by atoms with Gasteiger partial charge in [-0.05, 0) is 55.7 Å². The Bertz CT molecular complexity index is 759. The molecule has 0 aromatic heterocycles. The first-order valence-electron chi connectivity index (χ1n) is 8.39. The van der Waals surface area contributed by atoms with E-state index in [0.29, 0.717) is 5.56 Å². The van der Waals surface area contributed by atoms with Gasteiger partial charge >= 0.3 is 5.97 Å². The number of aromatic hydroxyl groups is 1. The van der Waals surface area contributed by atoms with E-state index in [4.69, 9.17) is 5.11 Å². The molecule has 0 aliphatic carbocycles. The molecule has 0 unspecified atom stereocenters. The third kappa shape index (κ3) is 7.15. The van der Waals surface area contributed by atoms with Crippen LogP contribution in [0.2, 0.25) is 0 Å². The minimum absolute atomic E-state index is 0. The summed E-state index contributed by atoms with van der Waals surface area (Å²) >= 11 is 1.81. The Kier molecular flexibility index (Phi) is 9.75. The maximum absolute atomic E-state index is 10.8. The number of methoxy groups -OCH3 is 1.